The minimum Gasteiger partial charge on any atom is -0.480 e. The van der Waals surface area contributed by atoms with Gasteiger partial charge in [0.1, 0.15) is 11.7 Å². The maximum absolute atomic E-state index is 10.5. The van der Waals surface area contributed by atoms with E-state index in [0.29, 0.717) is 6.42 Å². The molecule has 0 aliphatic carbocycles. The van der Waals surface area contributed by atoms with Crippen LogP contribution >= 0.6 is 0 Å². The van der Waals surface area contributed by atoms with Gasteiger partial charge in [-0.2, -0.15) is 0 Å². The molecular weight excluding hydrogens is 306 g/mol. The van der Waals surface area contributed by atoms with Crippen LogP contribution in [0.3, 0.4) is 0 Å². The Morgan fingerprint density at radius 2 is 1.70 bits per heavy atom. The number of benzene rings is 1. The molecule has 1 atom stereocenters. The molecule has 0 spiro atoms. The molecule has 0 saturated carbocycles. The lowest BCUT2D eigenvalue weighted by Crippen LogP contribution is -2.32. The largest absolute Gasteiger partial charge is 0.480 e. The second kappa shape index (κ2) is 8.29. The Balaban J connectivity index is 0.000000231. The summed E-state index contributed by atoms with van der Waals surface area (Å²) < 4.78 is 0. The smallest absolute Gasteiger partial charge is 0.352 e. The van der Waals surface area contributed by atoms with Crippen molar-refractivity contribution >= 4 is 11.9 Å². The Bertz CT molecular complexity index is 753. The fourth-order valence-electron chi connectivity index (χ4n) is 1.54. The highest BCUT2D eigenvalue weighted by Gasteiger charge is 2.10. The molecule has 0 fully saturated rings. The van der Waals surface area contributed by atoms with Gasteiger partial charge >= 0.3 is 17.6 Å². The number of aliphatic carboxylic acids is 1. The second-order valence-electron chi connectivity index (χ2n) is 4.44. The minimum absolute atomic E-state index is 0.385. The molecule has 122 valence electrons. The highest BCUT2D eigenvalue weighted by molar-refractivity contribution is 5.84. The van der Waals surface area contributed by atoms with Crippen LogP contribution in [-0.4, -0.2) is 38.2 Å². The van der Waals surface area contributed by atoms with Gasteiger partial charge in [-0.15, -0.1) is 0 Å². The van der Waals surface area contributed by atoms with E-state index in [4.69, 9.17) is 15.9 Å². The third kappa shape index (κ3) is 6.40. The first-order valence-electron chi connectivity index (χ1n) is 6.39. The summed E-state index contributed by atoms with van der Waals surface area (Å²) in [6.07, 6.45) is 0.385. The predicted molar refractivity (Wildman–Crippen MR) is 80.4 cm³/mol. The number of hydrogen-bond acceptors (Lipinski definition) is 5. The SMILES string of the molecule is NC(Cc1ccccc1)C(=O)O.O=C(O)c1cc(=O)[nH]c(=O)[nH]1. The maximum atomic E-state index is 10.5. The second-order valence-corrected chi connectivity index (χ2v) is 4.44. The number of carbonyl (C=O) groups is 2. The van der Waals surface area contributed by atoms with Gasteiger partial charge in [0.25, 0.3) is 5.56 Å². The molecule has 2 rings (SSSR count). The molecule has 0 amide bonds. The van der Waals surface area contributed by atoms with Crippen molar-refractivity contribution in [1.82, 2.24) is 9.97 Å². The fourth-order valence-corrected chi connectivity index (χ4v) is 1.54. The van der Waals surface area contributed by atoms with Crippen LogP contribution in [0, 0.1) is 0 Å². The summed E-state index contributed by atoms with van der Waals surface area (Å²) in [5.41, 5.74) is 4.33. The molecule has 9 heteroatoms. The first-order valence-corrected chi connectivity index (χ1v) is 6.39. The summed E-state index contributed by atoms with van der Waals surface area (Å²) in [5, 5.41) is 16.8. The number of aromatic amines is 2. The Hall–Kier alpha value is -3.20. The molecule has 1 heterocycles. The van der Waals surface area contributed by atoms with Crippen LogP contribution in [0.15, 0.2) is 46.0 Å². The van der Waals surface area contributed by atoms with Crippen molar-refractivity contribution < 1.29 is 19.8 Å². The lowest BCUT2D eigenvalue weighted by molar-refractivity contribution is -0.138. The third-order valence-electron chi connectivity index (χ3n) is 2.61. The van der Waals surface area contributed by atoms with Gasteiger partial charge in [0.15, 0.2) is 0 Å². The van der Waals surface area contributed by atoms with Crippen LogP contribution in [0.2, 0.25) is 0 Å². The molecule has 6 N–H and O–H groups in total. The van der Waals surface area contributed by atoms with Crippen molar-refractivity contribution in [2.75, 3.05) is 0 Å². The first-order chi connectivity index (χ1) is 10.8. The number of nitrogens with two attached hydrogens (primary N) is 1. The Kier molecular flexibility index (Phi) is 6.44. The molecular formula is C14H15N3O6. The maximum Gasteiger partial charge on any atom is 0.352 e. The highest BCUT2D eigenvalue weighted by Crippen LogP contribution is 2.01. The van der Waals surface area contributed by atoms with E-state index in [-0.39, 0.29) is 0 Å². The molecule has 23 heavy (non-hydrogen) atoms. The van der Waals surface area contributed by atoms with Crippen molar-refractivity contribution in [3.8, 4) is 0 Å². The first kappa shape index (κ1) is 17.9. The van der Waals surface area contributed by atoms with Crippen LogP contribution in [0.1, 0.15) is 16.1 Å². The molecule has 1 aromatic heterocycles. The monoisotopic (exact) mass is 321 g/mol. The lowest BCUT2D eigenvalue weighted by atomic mass is 10.1. The van der Waals surface area contributed by atoms with Crippen LogP contribution in [0.4, 0.5) is 0 Å². The van der Waals surface area contributed by atoms with Gasteiger partial charge in [-0.1, -0.05) is 30.3 Å². The van der Waals surface area contributed by atoms with E-state index < -0.39 is 34.9 Å². The van der Waals surface area contributed by atoms with Crippen LogP contribution in [0.5, 0.6) is 0 Å². The Morgan fingerprint density at radius 3 is 2.17 bits per heavy atom. The standard InChI is InChI=1S/C9H11NO2.C5H4N2O4/c10-8(9(11)12)6-7-4-2-1-3-5-7;8-3-1-2(4(9)10)6-5(11)7-3/h1-5,8H,6,10H2,(H,11,12);1H,(H,9,10)(H2,6,7,8,11). The minimum atomic E-state index is -1.34. The van der Waals surface area contributed by atoms with Gasteiger partial charge < -0.3 is 20.9 Å². The van der Waals surface area contributed by atoms with Crippen molar-refractivity contribution in [2.45, 2.75) is 12.5 Å². The molecule has 9 nitrogen and oxygen atoms in total. The summed E-state index contributed by atoms with van der Waals surface area (Å²) in [4.78, 5) is 45.3. The third-order valence-corrected chi connectivity index (χ3v) is 2.61. The number of rotatable bonds is 4. The summed E-state index contributed by atoms with van der Waals surface area (Å²) in [6.45, 7) is 0. The zero-order valence-corrected chi connectivity index (χ0v) is 11.9. The summed E-state index contributed by atoms with van der Waals surface area (Å²) in [7, 11) is 0. The molecule has 0 bridgehead atoms. The quantitative estimate of drug-likeness (QED) is 0.501. The van der Waals surface area contributed by atoms with E-state index in [0.717, 1.165) is 11.6 Å². The van der Waals surface area contributed by atoms with Crippen LogP contribution in [0.25, 0.3) is 0 Å². The number of nitrogens with one attached hydrogen (secondary N) is 2. The number of carboxylic acids is 2. The van der Waals surface area contributed by atoms with E-state index in [1.54, 1.807) is 0 Å². The molecule has 2 aromatic rings. The van der Waals surface area contributed by atoms with Crippen LogP contribution in [-0.2, 0) is 11.2 Å². The average molecular weight is 321 g/mol. The number of aromatic nitrogens is 2. The molecule has 0 radical (unpaired) electrons. The summed E-state index contributed by atoms with van der Waals surface area (Å²) in [5.74, 6) is -2.30. The normalized spacial score (nSPS) is 11.0. The molecule has 0 aliphatic rings. The molecule has 0 saturated heterocycles. The van der Waals surface area contributed by atoms with Crippen molar-refractivity contribution in [3.63, 3.8) is 0 Å². The fraction of sp³-hybridized carbons (Fsp3) is 0.143. The van der Waals surface area contributed by atoms with Gasteiger partial charge in [0, 0.05) is 6.07 Å². The Morgan fingerprint density at radius 1 is 1.09 bits per heavy atom. The highest BCUT2D eigenvalue weighted by atomic mass is 16.4. The molecule has 0 aliphatic heterocycles. The van der Waals surface area contributed by atoms with Gasteiger partial charge in [-0.05, 0) is 12.0 Å². The zero-order chi connectivity index (χ0) is 17.4. The lowest BCUT2D eigenvalue weighted by Gasteiger charge is -2.04. The van der Waals surface area contributed by atoms with Crippen molar-refractivity contribution in [3.05, 3.63) is 68.5 Å². The summed E-state index contributed by atoms with van der Waals surface area (Å²) >= 11 is 0. The van der Waals surface area contributed by atoms with Gasteiger partial charge in [0.05, 0.1) is 0 Å². The van der Waals surface area contributed by atoms with Gasteiger partial charge in [-0.3, -0.25) is 14.6 Å². The zero-order valence-electron chi connectivity index (χ0n) is 11.9. The van der Waals surface area contributed by atoms with E-state index in [2.05, 4.69) is 0 Å². The summed E-state index contributed by atoms with van der Waals surface area (Å²) in [6, 6.07) is 9.34. The number of hydrogen-bond donors (Lipinski definition) is 5. The van der Waals surface area contributed by atoms with Gasteiger partial charge in [0.2, 0.25) is 0 Å². The van der Waals surface area contributed by atoms with E-state index in [1.807, 2.05) is 40.3 Å². The Labute approximate surface area is 129 Å². The number of carboxylic acid groups (broad SMARTS) is 2. The predicted octanol–water partition coefficient (Wildman–Crippen LogP) is -0.598. The topological polar surface area (TPSA) is 166 Å². The van der Waals surface area contributed by atoms with E-state index in [1.165, 1.54) is 0 Å². The van der Waals surface area contributed by atoms with E-state index in [9.17, 15) is 19.2 Å². The van der Waals surface area contributed by atoms with Crippen molar-refractivity contribution in [1.29, 1.82) is 0 Å². The molecule has 1 unspecified atom stereocenters. The number of H-pyrrole nitrogens is 2. The number of aromatic carboxylic acids is 1. The van der Waals surface area contributed by atoms with Crippen LogP contribution < -0.4 is 17.0 Å². The van der Waals surface area contributed by atoms with Crippen molar-refractivity contribution in [2.24, 2.45) is 5.73 Å². The van der Waals surface area contributed by atoms with E-state index >= 15 is 0 Å². The van der Waals surface area contributed by atoms with Gasteiger partial charge in [-0.25, -0.2) is 9.59 Å². The molecule has 1 aromatic carbocycles. The average Bonchev–Trinajstić information content (AvgIpc) is 2.47.